The number of nitrogens with one attached hydrogen (secondary N) is 1. The third-order valence-corrected chi connectivity index (χ3v) is 8.95. The van der Waals surface area contributed by atoms with Crippen LogP contribution in [-0.2, 0) is 0 Å². The van der Waals surface area contributed by atoms with Crippen molar-refractivity contribution in [2.45, 2.75) is 35.7 Å². The lowest BCUT2D eigenvalue weighted by molar-refractivity contribution is -0.384. The highest BCUT2D eigenvalue weighted by Gasteiger charge is 2.42. The Morgan fingerprint density at radius 2 is 1.57 bits per heavy atom. The molecule has 210 valence electrons. The minimum Gasteiger partial charge on any atom is -0.351 e. The number of hydrogen-bond acceptors (Lipinski definition) is 5. The van der Waals surface area contributed by atoms with E-state index in [9.17, 15) is 10.1 Å². The molecule has 5 aromatic rings. The highest BCUT2D eigenvalue weighted by molar-refractivity contribution is 7.99. The Balaban J connectivity index is 1.37. The molecule has 0 unspecified atom stereocenters. The summed E-state index contributed by atoms with van der Waals surface area (Å²) in [6.07, 6.45) is 1.81. The molecule has 42 heavy (non-hydrogen) atoms. The van der Waals surface area contributed by atoms with Crippen molar-refractivity contribution in [3.05, 3.63) is 141 Å². The van der Waals surface area contributed by atoms with Gasteiger partial charge in [-0.3, -0.25) is 15.1 Å². The van der Waals surface area contributed by atoms with Crippen LogP contribution >= 0.6 is 35.6 Å². The zero-order chi connectivity index (χ0) is 29.4. The molecular formula is C32H26ClN5O2S2. The highest BCUT2D eigenvalue weighted by Crippen LogP contribution is 2.44. The fourth-order valence-corrected chi connectivity index (χ4v) is 6.76. The number of hydrogen-bond donors (Lipinski definition) is 1. The molecule has 1 N–H and O–H groups in total. The van der Waals surface area contributed by atoms with Crippen molar-refractivity contribution < 1.29 is 4.92 Å². The lowest BCUT2D eigenvalue weighted by Crippen LogP contribution is -2.29. The van der Waals surface area contributed by atoms with E-state index in [-0.39, 0.29) is 17.8 Å². The molecule has 0 bridgehead atoms. The number of rotatable bonds is 7. The largest absolute Gasteiger partial charge is 0.351 e. The number of non-ortho nitro benzene ring substituents is 1. The Morgan fingerprint density at radius 1 is 0.929 bits per heavy atom. The van der Waals surface area contributed by atoms with Crippen LogP contribution in [0.3, 0.4) is 0 Å². The van der Waals surface area contributed by atoms with E-state index in [4.69, 9.17) is 23.8 Å². The fraction of sp³-hybridized carbons (Fsp3) is 0.125. The molecule has 2 aromatic heterocycles. The number of anilines is 1. The second-order valence-corrected chi connectivity index (χ2v) is 12.0. The third-order valence-electron chi connectivity index (χ3n) is 7.37. The van der Waals surface area contributed by atoms with Crippen LogP contribution in [-0.4, -0.2) is 19.6 Å². The fourth-order valence-electron chi connectivity index (χ4n) is 5.47. The van der Waals surface area contributed by atoms with Crippen LogP contribution in [0.5, 0.6) is 0 Å². The molecule has 3 heterocycles. The summed E-state index contributed by atoms with van der Waals surface area (Å²) in [5.74, 6) is 0. The minimum atomic E-state index is -0.391. The molecule has 0 amide bonds. The summed E-state index contributed by atoms with van der Waals surface area (Å²) >= 11 is 13.7. The van der Waals surface area contributed by atoms with Crippen molar-refractivity contribution in [3.63, 3.8) is 0 Å². The number of thiocarbonyl (C=S) groups is 1. The molecule has 6 rings (SSSR count). The van der Waals surface area contributed by atoms with E-state index in [0.29, 0.717) is 10.1 Å². The van der Waals surface area contributed by atoms with Crippen molar-refractivity contribution in [3.8, 4) is 5.69 Å². The van der Waals surface area contributed by atoms with Crippen LogP contribution in [0, 0.1) is 24.0 Å². The van der Waals surface area contributed by atoms with E-state index < -0.39 is 4.92 Å². The van der Waals surface area contributed by atoms with Crippen LogP contribution in [0.25, 0.3) is 5.69 Å². The molecule has 1 aliphatic rings. The standard InChI is InChI=1S/C32H26ClN5O2S2/c1-20-19-28(21(2)36(20)23-8-6-22(33)7-9-23)31-30(29-5-3-4-18-34-29)35-32(41)37(31)24-10-14-26(15-11-24)42-27-16-12-25(13-17-27)38(39)40/h3-19,30-31H,1-2H3,(H,35,41)/t30-,31+/m0/s1. The Labute approximate surface area is 258 Å². The van der Waals surface area contributed by atoms with Gasteiger partial charge >= 0.3 is 0 Å². The van der Waals surface area contributed by atoms with Gasteiger partial charge in [0.05, 0.1) is 22.7 Å². The van der Waals surface area contributed by atoms with E-state index in [1.165, 1.54) is 12.1 Å². The molecule has 1 fully saturated rings. The summed E-state index contributed by atoms with van der Waals surface area (Å²) < 4.78 is 2.24. The zero-order valence-corrected chi connectivity index (χ0v) is 25.2. The minimum absolute atomic E-state index is 0.0775. The summed E-state index contributed by atoms with van der Waals surface area (Å²) in [5, 5.41) is 15.9. The predicted octanol–water partition coefficient (Wildman–Crippen LogP) is 8.38. The zero-order valence-electron chi connectivity index (χ0n) is 22.8. The van der Waals surface area contributed by atoms with Gasteiger partial charge in [-0.25, -0.2) is 0 Å². The Bertz CT molecular complexity index is 1760. The van der Waals surface area contributed by atoms with E-state index in [1.54, 1.807) is 30.1 Å². The smallest absolute Gasteiger partial charge is 0.269 e. The van der Waals surface area contributed by atoms with Crippen molar-refractivity contribution in [2.24, 2.45) is 0 Å². The molecule has 0 spiro atoms. The van der Waals surface area contributed by atoms with Crippen LogP contribution in [0.2, 0.25) is 5.02 Å². The molecule has 1 aliphatic heterocycles. The predicted molar refractivity (Wildman–Crippen MR) is 172 cm³/mol. The van der Waals surface area contributed by atoms with Crippen LogP contribution in [0.15, 0.2) is 113 Å². The van der Waals surface area contributed by atoms with E-state index in [1.807, 2.05) is 54.6 Å². The Kier molecular flexibility index (Phi) is 7.72. The van der Waals surface area contributed by atoms with E-state index >= 15 is 0 Å². The second-order valence-electron chi connectivity index (χ2n) is 9.98. The topological polar surface area (TPSA) is 76.2 Å². The van der Waals surface area contributed by atoms with Gasteiger partial charge in [-0.2, -0.15) is 0 Å². The van der Waals surface area contributed by atoms with Crippen LogP contribution < -0.4 is 10.2 Å². The summed E-state index contributed by atoms with van der Waals surface area (Å²) in [7, 11) is 0. The normalized spacial score (nSPS) is 16.5. The van der Waals surface area contributed by atoms with Gasteiger partial charge in [-0.05, 0) is 110 Å². The van der Waals surface area contributed by atoms with Crippen molar-refractivity contribution >= 4 is 52.1 Å². The van der Waals surface area contributed by atoms with E-state index in [2.05, 4.69) is 51.8 Å². The van der Waals surface area contributed by atoms with Crippen molar-refractivity contribution in [2.75, 3.05) is 4.90 Å². The number of aromatic nitrogens is 2. The van der Waals surface area contributed by atoms with Gasteiger partial charge in [0, 0.05) is 55.9 Å². The number of nitro benzene ring substituents is 1. The SMILES string of the molecule is Cc1cc([C@@H]2[C@H](c3ccccn3)NC(=S)N2c2ccc(Sc3ccc([N+](=O)[O-])cc3)cc2)c(C)n1-c1ccc(Cl)cc1. The average Bonchev–Trinajstić information content (AvgIpc) is 3.49. The van der Waals surface area contributed by atoms with Gasteiger partial charge in [0.25, 0.3) is 5.69 Å². The van der Waals surface area contributed by atoms with Crippen molar-refractivity contribution in [1.82, 2.24) is 14.9 Å². The molecule has 0 saturated carbocycles. The number of benzene rings is 3. The average molecular weight is 612 g/mol. The summed E-state index contributed by atoms with van der Waals surface area (Å²) in [6, 6.07) is 30.5. The first-order valence-corrected chi connectivity index (χ1v) is 14.9. The number of halogens is 1. The quantitative estimate of drug-likeness (QED) is 0.112. The number of pyridine rings is 1. The van der Waals surface area contributed by atoms with Gasteiger partial charge < -0.3 is 14.8 Å². The maximum atomic E-state index is 11.0. The molecule has 0 aliphatic carbocycles. The van der Waals surface area contributed by atoms with Gasteiger partial charge in [0.1, 0.15) is 0 Å². The van der Waals surface area contributed by atoms with Gasteiger partial charge in [-0.15, -0.1) is 0 Å². The number of nitro groups is 1. The van der Waals surface area contributed by atoms with Crippen molar-refractivity contribution in [1.29, 1.82) is 0 Å². The first-order chi connectivity index (χ1) is 20.3. The summed E-state index contributed by atoms with van der Waals surface area (Å²) in [4.78, 5) is 19.4. The van der Waals surface area contributed by atoms with Crippen LogP contribution in [0.1, 0.15) is 34.7 Å². The second kappa shape index (κ2) is 11.6. The van der Waals surface area contributed by atoms with Crippen LogP contribution in [0.4, 0.5) is 11.4 Å². The number of aryl methyl sites for hydroxylation is 1. The number of nitrogens with zero attached hydrogens (tertiary/aromatic N) is 4. The third kappa shape index (κ3) is 5.38. The molecule has 7 nitrogen and oxygen atoms in total. The monoisotopic (exact) mass is 611 g/mol. The molecule has 2 atom stereocenters. The van der Waals surface area contributed by atoms with E-state index in [0.717, 1.165) is 43.8 Å². The Hall–Kier alpha value is -4.18. The molecule has 3 aromatic carbocycles. The Morgan fingerprint density at radius 3 is 2.19 bits per heavy atom. The molecule has 1 saturated heterocycles. The lowest BCUT2D eigenvalue weighted by Gasteiger charge is -2.28. The maximum absolute atomic E-state index is 11.0. The maximum Gasteiger partial charge on any atom is 0.269 e. The van der Waals surface area contributed by atoms with Gasteiger partial charge in [-0.1, -0.05) is 29.4 Å². The lowest BCUT2D eigenvalue weighted by atomic mass is 9.96. The highest BCUT2D eigenvalue weighted by atomic mass is 35.5. The molecule has 0 radical (unpaired) electrons. The summed E-state index contributed by atoms with van der Waals surface area (Å²) in [5.41, 5.74) is 6.36. The molecular weight excluding hydrogens is 586 g/mol. The summed E-state index contributed by atoms with van der Waals surface area (Å²) in [6.45, 7) is 4.24. The first-order valence-electron chi connectivity index (χ1n) is 13.3. The van der Waals surface area contributed by atoms with Gasteiger partial charge in [0.2, 0.25) is 0 Å². The van der Waals surface area contributed by atoms with Gasteiger partial charge in [0.15, 0.2) is 5.11 Å². The first kappa shape index (κ1) is 28.0. The molecule has 10 heteroatoms.